The molecule has 0 heterocycles. The Morgan fingerprint density at radius 1 is 1.33 bits per heavy atom. The molecule has 0 bridgehead atoms. The Bertz CT molecular complexity index is 360. The van der Waals surface area contributed by atoms with Crippen LogP contribution in [0.1, 0.15) is 59.3 Å². The van der Waals surface area contributed by atoms with Crippen LogP contribution >= 0.6 is 0 Å². The van der Waals surface area contributed by atoms with E-state index in [9.17, 15) is 15.0 Å². The molecule has 0 aromatic heterocycles. The Labute approximate surface area is 127 Å². The van der Waals surface area contributed by atoms with Crippen molar-refractivity contribution in [3.8, 4) is 0 Å². The van der Waals surface area contributed by atoms with Crippen LogP contribution in [0.15, 0.2) is 11.6 Å². The van der Waals surface area contributed by atoms with Gasteiger partial charge in [-0.25, -0.2) is 4.79 Å². The summed E-state index contributed by atoms with van der Waals surface area (Å²) in [7, 11) is 0. The molecule has 122 valence electrons. The number of aliphatic hydroxyl groups excluding tert-OH is 2. The molecule has 1 rings (SSSR count). The summed E-state index contributed by atoms with van der Waals surface area (Å²) in [5.41, 5.74) is 0.305. The van der Waals surface area contributed by atoms with Crippen LogP contribution in [-0.2, 0) is 4.74 Å². The van der Waals surface area contributed by atoms with Crippen LogP contribution in [0.3, 0.4) is 0 Å². The van der Waals surface area contributed by atoms with Gasteiger partial charge in [0, 0.05) is 0 Å². The minimum Gasteiger partial charge on any atom is -0.444 e. The van der Waals surface area contributed by atoms with Gasteiger partial charge in [0.05, 0.1) is 18.8 Å². The first-order valence-corrected chi connectivity index (χ1v) is 7.81. The maximum absolute atomic E-state index is 11.8. The van der Waals surface area contributed by atoms with Gasteiger partial charge in [-0.05, 0) is 52.0 Å². The van der Waals surface area contributed by atoms with E-state index in [0.717, 1.165) is 37.7 Å². The molecule has 0 radical (unpaired) electrons. The summed E-state index contributed by atoms with van der Waals surface area (Å²) in [6, 6.07) is -0.731. The Hall–Kier alpha value is -1.07. The van der Waals surface area contributed by atoms with E-state index in [0.29, 0.717) is 0 Å². The van der Waals surface area contributed by atoms with Crippen molar-refractivity contribution in [1.29, 1.82) is 0 Å². The average Bonchev–Trinajstić information content (AvgIpc) is 2.32. The lowest BCUT2D eigenvalue weighted by Crippen LogP contribution is -2.48. The molecule has 0 saturated carbocycles. The van der Waals surface area contributed by atoms with Crippen molar-refractivity contribution < 1.29 is 19.7 Å². The molecule has 1 aliphatic carbocycles. The monoisotopic (exact) mass is 299 g/mol. The second-order valence-corrected chi connectivity index (χ2v) is 6.61. The van der Waals surface area contributed by atoms with Gasteiger partial charge in [0.1, 0.15) is 5.60 Å². The highest BCUT2D eigenvalue weighted by Gasteiger charge is 2.26. The largest absolute Gasteiger partial charge is 0.444 e. The number of nitrogens with one attached hydrogen (secondary N) is 1. The van der Waals surface area contributed by atoms with Crippen LogP contribution in [0, 0.1) is 0 Å². The number of aliphatic hydroxyl groups is 2. The highest BCUT2D eigenvalue weighted by atomic mass is 16.6. The zero-order chi connectivity index (χ0) is 15.9. The lowest BCUT2D eigenvalue weighted by atomic mass is 9.93. The molecule has 1 amide bonds. The summed E-state index contributed by atoms with van der Waals surface area (Å²) >= 11 is 0. The van der Waals surface area contributed by atoms with Crippen LogP contribution in [0.5, 0.6) is 0 Å². The van der Waals surface area contributed by atoms with Crippen molar-refractivity contribution in [2.75, 3.05) is 6.61 Å². The van der Waals surface area contributed by atoms with Gasteiger partial charge < -0.3 is 20.3 Å². The van der Waals surface area contributed by atoms with Crippen molar-refractivity contribution in [3.05, 3.63) is 11.6 Å². The van der Waals surface area contributed by atoms with Crippen molar-refractivity contribution in [3.63, 3.8) is 0 Å². The van der Waals surface area contributed by atoms with Crippen molar-refractivity contribution in [2.24, 2.45) is 0 Å². The van der Waals surface area contributed by atoms with Gasteiger partial charge in [0.2, 0.25) is 0 Å². The van der Waals surface area contributed by atoms with Crippen LogP contribution in [0.4, 0.5) is 4.79 Å². The predicted octanol–water partition coefficient (Wildman–Crippen LogP) is 2.51. The topological polar surface area (TPSA) is 78.8 Å². The normalized spacial score (nSPS) is 22.2. The first-order valence-electron chi connectivity index (χ1n) is 7.81. The maximum atomic E-state index is 11.8. The van der Waals surface area contributed by atoms with Crippen molar-refractivity contribution >= 4 is 6.09 Å². The van der Waals surface area contributed by atoms with Gasteiger partial charge in [-0.3, -0.25) is 0 Å². The average molecular weight is 299 g/mol. The first kappa shape index (κ1) is 18.0. The minimum atomic E-state index is -0.861. The molecular formula is C16H29NO4. The van der Waals surface area contributed by atoms with Crippen molar-refractivity contribution in [1.82, 2.24) is 5.32 Å². The second kappa shape index (κ2) is 8.39. The smallest absolute Gasteiger partial charge is 0.408 e. The molecule has 1 aliphatic rings. The lowest BCUT2D eigenvalue weighted by molar-refractivity contribution is 0.0392. The molecule has 0 spiro atoms. The van der Waals surface area contributed by atoms with Crippen LogP contribution in [-0.4, -0.2) is 40.7 Å². The predicted molar refractivity (Wildman–Crippen MR) is 82.0 cm³/mol. The standard InChI is InChI=1S/C16H29NO4/c1-16(2,3)21-15(20)17-13(11-18)14(19)12-9-7-5-4-6-8-10-12/h9,13-14,18-19H,4-8,10-11H2,1-3H3,(H,17,20)/b12-9+/t13-,14+/m0/s1. The van der Waals surface area contributed by atoms with Gasteiger partial charge >= 0.3 is 6.09 Å². The summed E-state index contributed by atoms with van der Waals surface area (Å²) in [4.78, 5) is 11.8. The van der Waals surface area contributed by atoms with Crippen LogP contribution in [0.25, 0.3) is 0 Å². The van der Waals surface area contributed by atoms with E-state index >= 15 is 0 Å². The maximum Gasteiger partial charge on any atom is 0.408 e. The molecular weight excluding hydrogens is 270 g/mol. The van der Waals surface area contributed by atoms with Gasteiger partial charge in [-0.2, -0.15) is 0 Å². The summed E-state index contributed by atoms with van der Waals surface area (Å²) < 4.78 is 5.16. The van der Waals surface area contributed by atoms with Gasteiger partial charge in [-0.15, -0.1) is 0 Å². The van der Waals surface area contributed by atoms with Crippen LogP contribution < -0.4 is 5.32 Å². The summed E-state index contributed by atoms with van der Waals surface area (Å²) in [6.07, 6.45) is 6.86. The molecule has 0 aliphatic heterocycles. The fraction of sp³-hybridized carbons (Fsp3) is 0.812. The molecule has 0 saturated heterocycles. The van der Waals surface area contributed by atoms with Gasteiger partial charge in [0.25, 0.3) is 0 Å². The van der Waals surface area contributed by atoms with Crippen LogP contribution in [0.2, 0.25) is 0 Å². The molecule has 5 nitrogen and oxygen atoms in total. The van der Waals surface area contributed by atoms with Gasteiger partial charge in [-0.1, -0.05) is 18.9 Å². The molecule has 0 unspecified atom stereocenters. The summed E-state index contributed by atoms with van der Waals surface area (Å²) in [5.74, 6) is 0. The molecule has 0 aromatic carbocycles. The number of alkyl carbamates (subject to hydrolysis) is 1. The summed E-state index contributed by atoms with van der Waals surface area (Å²) in [5, 5.41) is 22.4. The van der Waals surface area contributed by atoms with E-state index < -0.39 is 23.8 Å². The Balaban J connectivity index is 2.62. The van der Waals surface area contributed by atoms with Crippen molar-refractivity contribution in [2.45, 2.75) is 77.0 Å². The molecule has 2 atom stereocenters. The molecule has 5 heteroatoms. The van der Waals surface area contributed by atoms with E-state index in [1.54, 1.807) is 20.8 Å². The van der Waals surface area contributed by atoms with Gasteiger partial charge in [0.15, 0.2) is 0 Å². The number of ether oxygens (including phenoxy) is 1. The number of hydrogen-bond donors (Lipinski definition) is 3. The summed E-state index contributed by atoms with van der Waals surface area (Å²) in [6.45, 7) is 4.99. The molecule has 21 heavy (non-hydrogen) atoms. The fourth-order valence-corrected chi connectivity index (χ4v) is 2.43. The Kier molecular flexibility index (Phi) is 7.18. The third kappa shape index (κ3) is 6.96. The number of amides is 1. The molecule has 0 aromatic rings. The molecule has 3 N–H and O–H groups in total. The Morgan fingerprint density at radius 3 is 2.62 bits per heavy atom. The zero-order valence-electron chi connectivity index (χ0n) is 13.4. The third-order valence-electron chi connectivity index (χ3n) is 3.49. The number of rotatable bonds is 4. The highest BCUT2D eigenvalue weighted by Crippen LogP contribution is 2.21. The minimum absolute atomic E-state index is 0.322. The highest BCUT2D eigenvalue weighted by molar-refractivity contribution is 5.68. The van der Waals surface area contributed by atoms with E-state index in [1.165, 1.54) is 6.42 Å². The first-order chi connectivity index (χ1) is 9.83. The number of allylic oxidation sites excluding steroid dienone is 1. The second-order valence-electron chi connectivity index (χ2n) is 6.61. The fourth-order valence-electron chi connectivity index (χ4n) is 2.43. The van der Waals surface area contributed by atoms with E-state index in [2.05, 4.69) is 5.32 Å². The Morgan fingerprint density at radius 2 is 2.00 bits per heavy atom. The lowest BCUT2D eigenvalue weighted by Gasteiger charge is -2.27. The number of carbonyl (C=O) groups is 1. The molecule has 0 fully saturated rings. The third-order valence-corrected chi connectivity index (χ3v) is 3.49. The van der Waals surface area contributed by atoms with E-state index in [1.807, 2.05) is 6.08 Å². The van der Waals surface area contributed by atoms with E-state index in [-0.39, 0.29) is 6.61 Å². The number of carbonyl (C=O) groups excluding carboxylic acids is 1. The zero-order valence-corrected chi connectivity index (χ0v) is 13.4. The number of hydrogen-bond acceptors (Lipinski definition) is 4. The SMILES string of the molecule is CC(C)(C)OC(=O)N[C@@H](CO)[C@H](O)/C1=C/CCCCCC1. The quantitative estimate of drug-likeness (QED) is 0.697. The van der Waals surface area contributed by atoms with E-state index in [4.69, 9.17) is 4.74 Å².